The van der Waals surface area contributed by atoms with Crippen LogP contribution in [0.1, 0.15) is 66.9 Å². The number of ether oxygens (including phenoxy) is 1. The maximum Gasteiger partial charge on any atom is 0.341 e. The van der Waals surface area contributed by atoms with Crippen molar-refractivity contribution < 1.29 is 13.9 Å². The lowest BCUT2D eigenvalue weighted by atomic mass is 9.74. The van der Waals surface area contributed by atoms with Crippen molar-refractivity contribution >= 4 is 16.9 Å². The SMILES string of the molecule is CCN1CCC(C)(c2ccc3[nH]c(C)c(C(=O)O[C@@H](C)c4ccc(F)cc4)c3c2)CC1. The molecule has 4 nitrogen and oxygen atoms in total. The van der Waals surface area contributed by atoms with Gasteiger partial charge in [0.2, 0.25) is 0 Å². The Bertz CT molecular complexity index is 1080. The van der Waals surface area contributed by atoms with E-state index in [1.54, 1.807) is 12.1 Å². The summed E-state index contributed by atoms with van der Waals surface area (Å²) in [6.07, 6.45) is 1.75. The van der Waals surface area contributed by atoms with E-state index in [0.29, 0.717) is 5.56 Å². The first kappa shape index (κ1) is 21.6. The number of benzene rings is 2. The van der Waals surface area contributed by atoms with E-state index in [-0.39, 0.29) is 17.2 Å². The first-order valence-corrected chi connectivity index (χ1v) is 11.1. The number of rotatable bonds is 5. The zero-order chi connectivity index (χ0) is 22.2. The molecule has 4 rings (SSSR count). The van der Waals surface area contributed by atoms with Crippen molar-refractivity contribution in [2.75, 3.05) is 19.6 Å². The molecule has 0 saturated carbocycles. The molecule has 1 aliphatic heterocycles. The lowest BCUT2D eigenvalue weighted by Gasteiger charge is -2.39. The summed E-state index contributed by atoms with van der Waals surface area (Å²) in [4.78, 5) is 18.9. The van der Waals surface area contributed by atoms with Crippen LogP contribution in [0.15, 0.2) is 42.5 Å². The Kier molecular flexibility index (Phi) is 5.89. The maximum absolute atomic E-state index is 13.2. The van der Waals surface area contributed by atoms with Gasteiger partial charge in [0.05, 0.1) is 5.56 Å². The zero-order valence-corrected chi connectivity index (χ0v) is 18.8. The van der Waals surface area contributed by atoms with Gasteiger partial charge in [-0.05, 0) is 87.1 Å². The molecule has 2 aromatic carbocycles. The van der Waals surface area contributed by atoms with E-state index in [0.717, 1.165) is 54.6 Å². The van der Waals surface area contributed by atoms with E-state index >= 15 is 0 Å². The van der Waals surface area contributed by atoms with Crippen LogP contribution in [0, 0.1) is 12.7 Å². The third-order valence-electron chi connectivity index (χ3n) is 6.92. The number of nitrogens with zero attached hydrogens (tertiary/aromatic N) is 1. The predicted octanol–water partition coefficient (Wildman–Crippen LogP) is 5.91. The number of hydrogen-bond donors (Lipinski definition) is 1. The third kappa shape index (κ3) is 4.24. The van der Waals surface area contributed by atoms with Crippen LogP contribution in [0.5, 0.6) is 0 Å². The topological polar surface area (TPSA) is 45.3 Å². The molecule has 164 valence electrons. The van der Waals surface area contributed by atoms with Crippen molar-refractivity contribution in [3.63, 3.8) is 0 Å². The number of aromatic nitrogens is 1. The van der Waals surface area contributed by atoms with Crippen molar-refractivity contribution in [2.45, 2.75) is 52.1 Å². The molecule has 5 heteroatoms. The summed E-state index contributed by atoms with van der Waals surface area (Å²) in [6, 6.07) is 12.5. The molecule has 0 aliphatic carbocycles. The van der Waals surface area contributed by atoms with E-state index in [1.807, 2.05) is 13.8 Å². The van der Waals surface area contributed by atoms with Gasteiger partial charge in [-0.15, -0.1) is 0 Å². The first-order chi connectivity index (χ1) is 14.8. The monoisotopic (exact) mass is 422 g/mol. The van der Waals surface area contributed by atoms with Crippen LogP contribution >= 0.6 is 0 Å². The van der Waals surface area contributed by atoms with Crippen LogP contribution in [-0.4, -0.2) is 35.5 Å². The lowest BCUT2D eigenvalue weighted by Crippen LogP contribution is -2.40. The summed E-state index contributed by atoms with van der Waals surface area (Å²) in [5.41, 5.74) is 4.47. The predicted molar refractivity (Wildman–Crippen MR) is 122 cm³/mol. The summed E-state index contributed by atoms with van der Waals surface area (Å²) in [6.45, 7) is 11.5. The van der Waals surface area contributed by atoms with Crippen LogP contribution in [0.3, 0.4) is 0 Å². The first-order valence-electron chi connectivity index (χ1n) is 11.1. The lowest BCUT2D eigenvalue weighted by molar-refractivity contribution is 0.0339. The molecule has 0 spiro atoms. The smallest absolute Gasteiger partial charge is 0.341 e. The number of nitrogens with one attached hydrogen (secondary N) is 1. The number of fused-ring (bicyclic) bond motifs is 1. The number of carbonyl (C=O) groups is 1. The Hall–Kier alpha value is -2.66. The standard InChI is InChI=1S/C26H31FN2O2/c1-5-29-14-12-26(4,13-15-29)20-8-11-23-22(16-20)24(17(2)28-23)25(30)31-18(3)19-6-9-21(27)10-7-19/h6-11,16,18,28H,5,12-15H2,1-4H3/t18-/m0/s1. The molecular formula is C26H31FN2O2. The number of carbonyl (C=O) groups excluding carboxylic acids is 1. The molecular weight excluding hydrogens is 391 g/mol. The maximum atomic E-state index is 13.2. The van der Waals surface area contributed by atoms with Gasteiger partial charge in [0, 0.05) is 16.6 Å². The number of H-pyrrole nitrogens is 1. The Morgan fingerprint density at radius 2 is 1.87 bits per heavy atom. The number of esters is 1. The number of aromatic amines is 1. The van der Waals surface area contributed by atoms with Crippen LogP contribution in [0.25, 0.3) is 10.9 Å². The minimum Gasteiger partial charge on any atom is -0.454 e. The minimum absolute atomic E-state index is 0.105. The molecule has 0 radical (unpaired) electrons. The third-order valence-corrected chi connectivity index (χ3v) is 6.92. The van der Waals surface area contributed by atoms with Gasteiger partial charge in [-0.2, -0.15) is 0 Å². The van der Waals surface area contributed by atoms with Crippen molar-refractivity contribution in [1.82, 2.24) is 9.88 Å². The Labute approximate surface area is 183 Å². The van der Waals surface area contributed by atoms with Crippen LogP contribution < -0.4 is 0 Å². The Balaban J connectivity index is 1.62. The van der Waals surface area contributed by atoms with Gasteiger partial charge in [0.15, 0.2) is 0 Å². The molecule has 2 heterocycles. The van der Waals surface area contributed by atoms with Gasteiger partial charge in [-0.1, -0.05) is 32.0 Å². The fourth-order valence-electron chi connectivity index (χ4n) is 4.64. The van der Waals surface area contributed by atoms with E-state index in [9.17, 15) is 9.18 Å². The second-order valence-electron chi connectivity index (χ2n) is 8.98. The Morgan fingerprint density at radius 1 is 1.19 bits per heavy atom. The normalized spacial score (nSPS) is 17.6. The highest BCUT2D eigenvalue weighted by atomic mass is 19.1. The quantitative estimate of drug-likeness (QED) is 0.520. The van der Waals surface area contributed by atoms with Crippen molar-refractivity contribution in [3.8, 4) is 0 Å². The Morgan fingerprint density at radius 3 is 2.52 bits per heavy atom. The summed E-state index contributed by atoms with van der Waals surface area (Å²) >= 11 is 0. The molecule has 1 N–H and O–H groups in total. The molecule has 3 aromatic rings. The van der Waals surface area contributed by atoms with E-state index in [1.165, 1.54) is 17.7 Å². The van der Waals surface area contributed by atoms with Crippen LogP contribution in [0.2, 0.25) is 0 Å². The van der Waals surface area contributed by atoms with Crippen molar-refractivity contribution in [1.29, 1.82) is 0 Å². The average molecular weight is 423 g/mol. The largest absolute Gasteiger partial charge is 0.454 e. The van der Waals surface area contributed by atoms with Crippen LogP contribution in [0.4, 0.5) is 4.39 Å². The molecule has 1 aromatic heterocycles. The fraction of sp³-hybridized carbons (Fsp3) is 0.423. The van der Waals surface area contributed by atoms with Gasteiger partial charge in [-0.3, -0.25) is 0 Å². The number of aryl methyl sites for hydroxylation is 1. The molecule has 1 saturated heterocycles. The van der Waals surface area contributed by atoms with Gasteiger partial charge in [0.25, 0.3) is 0 Å². The average Bonchev–Trinajstić information content (AvgIpc) is 3.09. The molecule has 1 aliphatic rings. The van der Waals surface area contributed by atoms with Gasteiger partial charge >= 0.3 is 5.97 Å². The van der Waals surface area contributed by atoms with Gasteiger partial charge < -0.3 is 14.6 Å². The fourth-order valence-corrected chi connectivity index (χ4v) is 4.64. The van der Waals surface area contributed by atoms with Crippen LogP contribution in [-0.2, 0) is 10.2 Å². The summed E-state index contributed by atoms with van der Waals surface area (Å²) in [5, 5.41) is 0.908. The zero-order valence-electron chi connectivity index (χ0n) is 18.8. The number of likely N-dealkylation sites (tertiary alicyclic amines) is 1. The second-order valence-corrected chi connectivity index (χ2v) is 8.98. The number of piperidine rings is 1. The molecule has 0 bridgehead atoms. The van der Waals surface area contributed by atoms with Crippen molar-refractivity contribution in [3.05, 3.63) is 70.7 Å². The van der Waals surface area contributed by atoms with Gasteiger partial charge in [-0.25, -0.2) is 9.18 Å². The second kappa shape index (κ2) is 8.46. The number of halogens is 1. The molecule has 0 unspecified atom stereocenters. The van der Waals surface area contributed by atoms with E-state index in [4.69, 9.17) is 4.74 Å². The highest BCUT2D eigenvalue weighted by Crippen LogP contribution is 2.37. The minimum atomic E-state index is -0.462. The summed E-state index contributed by atoms with van der Waals surface area (Å²) < 4.78 is 19.0. The summed E-state index contributed by atoms with van der Waals surface area (Å²) in [7, 11) is 0. The molecule has 1 fully saturated rings. The van der Waals surface area contributed by atoms with E-state index in [2.05, 4.69) is 41.9 Å². The molecule has 0 amide bonds. The van der Waals surface area contributed by atoms with Gasteiger partial charge in [0.1, 0.15) is 11.9 Å². The highest BCUT2D eigenvalue weighted by molar-refractivity contribution is 6.05. The molecule has 1 atom stereocenters. The number of hydrogen-bond acceptors (Lipinski definition) is 3. The molecule has 31 heavy (non-hydrogen) atoms. The highest BCUT2D eigenvalue weighted by Gasteiger charge is 2.32. The summed E-state index contributed by atoms with van der Waals surface area (Å²) in [5.74, 6) is -0.663. The van der Waals surface area contributed by atoms with E-state index < -0.39 is 6.10 Å². The van der Waals surface area contributed by atoms with Crippen molar-refractivity contribution in [2.24, 2.45) is 0 Å².